The summed E-state index contributed by atoms with van der Waals surface area (Å²) in [5.74, 6) is 0.519. The monoisotopic (exact) mass is 361 g/mol. The van der Waals surface area contributed by atoms with Gasteiger partial charge in [-0.1, -0.05) is 24.6 Å². The van der Waals surface area contributed by atoms with Crippen molar-refractivity contribution in [3.8, 4) is 5.75 Å². The molecule has 2 aromatic rings. The second kappa shape index (κ2) is 10.0. The fourth-order valence-corrected chi connectivity index (χ4v) is 2.72. The molecule has 1 aromatic heterocycles. The molecule has 1 amide bonds. The molecule has 0 saturated heterocycles. The SMILES string of the molecule is CCNCCc1ccc(Cl)c(OCCNC(=O)c2cccnc2)c1C. The molecule has 6 heteroatoms. The van der Waals surface area contributed by atoms with Crippen LogP contribution in [0.1, 0.15) is 28.4 Å². The van der Waals surface area contributed by atoms with E-state index < -0.39 is 0 Å². The Kier molecular flexibility index (Phi) is 7.70. The largest absolute Gasteiger partial charge is 0.490 e. The maximum Gasteiger partial charge on any atom is 0.252 e. The third kappa shape index (κ3) is 5.73. The zero-order valence-electron chi connectivity index (χ0n) is 14.6. The van der Waals surface area contributed by atoms with Gasteiger partial charge >= 0.3 is 0 Å². The summed E-state index contributed by atoms with van der Waals surface area (Å²) in [5, 5.41) is 6.71. The van der Waals surface area contributed by atoms with Gasteiger partial charge in [0.2, 0.25) is 0 Å². The van der Waals surface area contributed by atoms with E-state index >= 15 is 0 Å². The van der Waals surface area contributed by atoms with Crippen molar-refractivity contribution in [2.45, 2.75) is 20.3 Å². The number of hydrogen-bond acceptors (Lipinski definition) is 4. The first kappa shape index (κ1) is 19.2. The van der Waals surface area contributed by atoms with Crippen LogP contribution in [-0.2, 0) is 6.42 Å². The van der Waals surface area contributed by atoms with E-state index in [0.29, 0.717) is 29.5 Å². The predicted octanol–water partition coefficient (Wildman–Crippen LogP) is 3.00. The Hall–Kier alpha value is -2.11. The summed E-state index contributed by atoms with van der Waals surface area (Å²) in [6.45, 7) is 6.71. The summed E-state index contributed by atoms with van der Waals surface area (Å²) < 4.78 is 5.82. The Morgan fingerprint density at radius 2 is 2.12 bits per heavy atom. The molecule has 0 aliphatic heterocycles. The average Bonchev–Trinajstić information content (AvgIpc) is 2.63. The number of hydrogen-bond donors (Lipinski definition) is 2. The lowest BCUT2D eigenvalue weighted by molar-refractivity contribution is 0.0946. The van der Waals surface area contributed by atoms with Gasteiger partial charge in [-0.25, -0.2) is 0 Å². The summed E-state index contributed by atoms with van der Waals surface area (Å²) in [6.07, 6.45) is 4.09. The number of benzene rings is 1. The van der Waals surface area contributed by atoms with E-state index in [4.69, 9.17) is 16.3 Å². The number of pyridine rings is 1. The highest BCUT2D eigenvalue weighted by atomic mass is 35.5. The number of amides is 1. The number of likely N-dealkylation sites (N-methyl/N-ethyl adjacent to an activating group) is 1. The number of nitrogens with one attached hydrogen (secondary N) is 2. The third-order valence-electron chi connectivity index (χ3n) is 3.85. The van der Waals surface area contributed by atoms with Crippen LogP contribution in [0.3, 0.4) is 0 Å². The van der Waals surface area contributed by atoms with E-state index in [1.165, 1.54) is 11.8 Å². The van der Waals surface area contributed by atoms with Gasteiger partial charge in [0.25, 0.3) is 5.91 Å². The maximum atomic E-state index is 12.0. The van der Waals surface area contributed by atoms with Crippen LogP contribution in [0, 0.1) is 6.92 Å². The minimum Gasteiger partial charge on any atom is -0.490 e. The lowest BCUT2D eigenvalue weighted by Gasteiger charge is -2.15. The molecular formula is C19H24ClN3O2. The molecule has 0 aliphatic rings. The lowest BCUT2D eigenvalue weighted by Crippen LogP contribution is -2.28. The highest BCUT2D eigenvalue weighted by molar-refractivity contribution is 6.32. The topological polar surface area (TPSA) is 63.2 Å². The molecule has 1 heterocycles. The Bertz CT molecular complexity index is 693. The zero-order chi connectivity index (χ0) is 18.1. The zero-order valence-corrected chi connectivity index (χ0v) is 15.4. The molecule has 25 heavy (non-hydrogen) atoms. The van der Waals surface area contributed by atoms with Gasteiger partial charge in [-0.05, 0) is 55.8 Å². The second-order valence-corrected chi connectivity index (χ2v) is 6.02. The van der Waals surface area contributed by atoms with Crippen molar-refractivity contribution < 1.29 is 9.53 Å². The third-order valence-corrected chi connectivity index (χ3v) is 4.15. The number of aromatic nitrogens is 1. The van der Waals surface area contributed by atoms with E-state index in [1.807, 2.05) is 19.1 Å². The molecule has 1 aromatic carbocycles. The van der Waals surface area contributed by atoms with Gasteiger partial charge in [0.1, 0.15) is 12.4 Å². The minimum atomic E-state index is -0.168. The van der Waals surface area contributed by atoms with Gasteiger partial charge in [0.15, 0.2) is 0 Å². The summed E-state index contributed by atoms with van der Waals surface area (Å²) in [7, 11) is 0. The van der Waals surface area contributed by atoms with Gasteiger partial charge < -0.3 is 15.4 Å². The molecule has 0 aliphatic carbocycles. The first-order valence-corrected chi connectivity index (χ1v) is 8.81. The Labute approximate surface area is 153 Å². The average molecular weight is 362 g/mol. The van der Waals surface area contributed by atoms with E-state index in [1.54, 1.807) is 18.3 Å². The number of rotatable bonds is 9. The first-order chi connectivity index (χ1) is 12.1. The molecule has 0 fully saturated rings. The number of ether oxygens (including phenoxy) is 1. The number of halogens is 1. The molecule has 0 unspecified atom stereocenters. The summed E-state index contributed by atoms with van der Waals surface area (Å²) >= 11 is 6.26. The van der Waals surface area contributed by atoms with Crippen LogP contribution in [0.2, 0.25) is 5.02 Å². The number of carbonyl (C=O) groups excluding carboxylic acids is 1. The molecule has 0 radical (unpaired) electrons. The first-order valence-electron chi connectivity index (χ1n) is 8.43. The Morgan fingerprint density at radius 3 is 2.84 bits per heavy atom. The molecule has 0 spiro atoms. The van der Waals surface area contributed by atoms with Crippen LogP contribution in [0.4, 0.5) is 0 Å². The van der Waals surface area contributed by atoms with E-state index in [0.717, 1.165) is 25.1 Å². The van der Waals surface area contributed by atoms with E-state index in [2.05, 4.69) is 22.5 Å². The van der Waals surface area contributed by atoms with Crippen molar-refractivity contribution in [3.05, 3.63) is 58.4 Å². The Balaban J connectivity index is 1.87. The number of nitrogens with zero attached hydrogens (tertiary/aromatic N) is 1. The molecule has 0 atom stereocenters. The highest BCUT2D eigenvalue weighted by Crippen LogP contribution is 2.31. The molecule has 2 rings (SSSR count). The van der Waals surface area contributed by atoms with Crippen molar-refractivity contribution >= 4 is 17.5 Å². The van der Waals surface area contributed by atoms with Crippen molar-refractivity contribution in [2.75, 3.05) is 26.2 Å². The van der Waals surface area contributed by atoms with Gasteiger partial charge in [0, 0.05) is 12.4 Å². The highest BCUT2D eigenvalue weighted by Gasteiger charge is 2.10. The molecule has 5 nitrogen and oxygen atoms in total. The molecule has 0 bridgehead atoms. The predicted molar refractivity (Wildman–Crippen MR) is 101 cm³/mol. The Morgan fingerprint density at radius 1 is 1.28 bits per heavy atom. The van der Waals surface area contributed by atoms with Crippen molar-refractivity contribution in [2.24, 2.45) is 0 Å². The lowest BCUT2D eigenvalue weighted by atomic mass is 10.0. The minimum absolute atomic E-state index is 0.168. The van der Waals surface area contributed by atoms with E-state index in [9.17, 15) is 4.79 Å². The molecule has 2 N–H and O–H groups in total. The van der Waals surface area contributed by atoms with Gasteiger partial charge in [-0.15, -0.1) is 0 Å². The van der Waals surface area contributed by atoms with Crippen LogP contribution >= 0.6 is 11.6 Å². The van der Waals surface area contributed by atoms with Crippen LogP contribution in [-0.4, -0.2) is 37.1 Å². The summed E-state index contributed by atoms with van der Waals surface area (Å²) in [5.41, 5.74) is 2.78. The van der Waals surface area contributed by atoms with E-state index in [-0.39, 0.29) is 5.91 Å². The summed E-state index contributed by atoms with van der Waals surface area (Å²) in [4.78, 5) is 15.9. The van der Waals surface area contributed by atoms with Crippen LogP contribution in [0.5, 0.6) is 5.75 Å². The van der Waals surface area contributed by atoms with Crippen LogP contribution in [0.15, 0.2) is 36.7 Å². The smallest absolute Gasteiger partial charge is 0.252 e. The molecule has 134 valence electrons. The van der Waals surface area contributed by atoms with Crippen LogP contribution < -0.4 is 15.4 Å². The van der Waals surface area contributed by atoms with Gasteiger partial charge in [0.05, 0.1) is 17.1 Å². The maximum absolute atomic E-state index is 12.0. The van der Waals surface area contributed by atoms with Crippen LogP contribution in [0.25, 0.3) is 0 Å². The fraction of sp³-hybridized carbons (Fsp3) is 0.368. The fourth-order valence-electron chi connectivity index (χ4n) is 2.46. The summed E-state index contributed by atoms with van der Waals surface area (Å²) in [6, 6.07) is 7.34. The number of carbonyl (C=O) groups is 1. The second-order valence-electron chi connectivity index (χ2n) is 5.61. The van der Waals surface area contributed by atoms with Gasteiger partial charge in [-0.3, -0.25) is 9.78 Å². The van der Waals surface area contributed by atoms with Crippen molar-refractivity contribution in [1.29, 1.82) is 0 Å². The standard InChI is InChI=1S/C19H24ClN3O2/c1-3-21-10-8-15-6-7-17(20)18(14(15)2)25-12-11-23-19(24)16-5-4-9-22-13-16/h4-7,9,13,21H,3,8,10-12H2,1-2H3,(H,23,24). The quantitative estimate of drug-likeness (QED) is 0.674. The van der Waals surface area contributed by atoms with Crippen molar-refractivity contribution in [3.63, 3.8) is 0 Å². The molecule has 0 saturated carbocycles. The normalized spacial score (nSPS) is 10.5. The van der Waals surface area contributed by atoms with Crippen molar-refractivity contribution in [1.82, 2.24) is 15.6 Å². The molecular weight excluding hydrogens is 338 g/mol. The van der Waals surface area contributed by atoms with Gasteiger partial charge in [-0.2, -0.15) is 0 Å².